The quantitative estimate of drug-likeness (QED) is 0.0261. The van der Waals surface area contributed by atoms with Crippen molar-refractivity contribution in [1.29, 1.82) is 0 Å². The van der Waals surface area contributed by atoms with Gasteiger partial charge < -0.3 is 14.2 Å². The third-order valence-corrected chi connectivity index (χ3v) is 12.7. The van der Waals surface area contributed by atoms with Crippen LogP contribution in [0.2, 0.25) is 0 Å². The summed E-state index contributed by atoms with van der Waals surface area (Å²) in [4.78, 5) is 38.2. The molecule has 0 aliphatic rings. The molecule has 6 heteroatoms. The van der Waals surface area contributed by atoms with E-state index in [1.807, 2.05) is 0 Å². The van der Waals surface area contributed by atoms with Crippen LogP contribution in [0.4, 0.5) is 0 Å². The molecule has 1 unspecified atom stereocenters. The predicted octanol–water partition coefficient (Wildman–Crippen LogP) is 20.7. The zero-order chi connectivity index (χ0) is 52.9. The molecule has 416 valence electrons. The molecule has 73 heavy (non-hydrogen) atoms. The molecular weight excluding hydrogens is 901 g/mol. The van der Waals surface area contributed by atoms with Gasteiger partial charge in [-0.1, -0.05) is 239 Å². The summed E-state index contributed by atoms with van der Waals surface area (Å²) in [7, 11) is 0. The molecule has 0 heterocycles. The van der Waals surface area contributed by atoms with Crippen molar-refractivity contribution in [2.45, 2.75) is 284 Å². The van der Waals surface area contributed by atoms with E-state index in [-0.39, 0.29) is 31.1 Å². The van der Waals surface area contributed by atoms with Crippen LogP contribution in [0.1, 0.15) is 278 Å². The van der Waals surface area contributed by atoms with Crippen LogP contribution in [0.15, 0.2) is 109 Å². The van der Waals surface area contributed by atoms with E-state index >= 15 is 0 Å². The minimum atomic E-state index is -0.799. The summed E-state index contributed by atoms with van der Waals surface area (Å²) in [5.41, 5.74) is 0. The first-order valence-electron chi connectivity index (χ1n) is 30.4. The number of esters is 3. The van der Waals surface area contributed by atoms with Crippen LogP contribution in [-0.2, 0) is 28.6 Å². The maximum Gasteiger partial charge on any atom is 0.306 e. The zero-order valence-corrected chi connectivity index (χ0v) is 47.6. The van der Waals surface area contributed by atoms with E-state index in [1.54, 1.807) is 0 Å². The summed E-state index contributed by atoms with van der Waals surface area (Å²) in [5, 5.41) is 0. The number of rotatable bonds is 54. The summed E-state index contributed by atoms with van der Waals surface area (Å²) in [5.74, 6) is -0.932. The highest BCUT2D eigenvalue weighted by Gasteiger charge is 2.19. The Labute approximate surface area is 450 Å². The van der Waals surface area contributed by atoms with Crippen molar-refractivity contribution in [2.24, 2.45) is 0 Å². The SMILES string of the molecule is CC/C=C\C/C=C\C/C=C\C/C=C\C/C=C\C/C=C\CCCCCCC(=O)OCC(COC(=O)CCCCCCC/C=C\CCCCCCCC)OC(=O)CCCCCCCCC/C=C\C/C=C\CCCCC. The van der Waals surface area contributed by atoms with Gasteiger partial charge >= 0.3 is 17.9 Å². The van der Waals surface area contributed by atoms with Crippen molar-refractivity contribution in [3.8, 4) is 0 Å². The summed E-state index contributed by atoms with van der Waals surface area (Å²) in [6.45, 7) is 6.47. The van der Waals surface area contributed by atoms with Crippen LogP contribution >= 0.6 is 0 Å². The highest BCUT2D eigenvalue weighted by atomic mass is 16.6. The van der Waals surface area contributed by atoms with Crippen molar-refractivity contribution >= 4 is 17.9 Å². The fraction of sp³-hybridized carbons (Fsp3) is 0.687. The van der Waals surface area contributed by atoms with E-state index in [0.29, 0.717) is 19.3 Å². The lowest BCUT2D eigenvalue weighted by molar-refractivity contribution is -0.167. The topological polar surface area (TPSA) is 78.9 Å². The molecule has 0 spiro atoms. The molecule has 0 aromatic rings. The van der Waals surface area contributed by atoms with Crippen LogP contribution in [0.5, 0.6) is 0 Å². The predicted molar refractivity (Wildman–Crippen MR) is 316 cm³/mol. The first-order chi connectivity index (χ1) is 36.0. The molecular formula is C67H112O6. The van der Waals surface area contributed by atoms with Gasteiger partial charge in [0.2, 0.25) is 0 Å². The van der Waals surface area contributed by atoms with Gasteiger partial charge in [0.15, 0.2) is 6.10 Å². The summed E-state index contributed by atoms with van der Waals surface area (Å²) < 4.78 is 16.9. The van der Waals surface area contributed by atoms with E-state index < -0.39 is 6.10 Å². The van der Waals surface area contributed by atoms with E-state index in [4.69, 9.17) is 14.2 Å². The number of hydrogen-bond donors (Lipinski definition) is 0. The molecule has 0 rings (SSSR count). The lowest BCUT2D eigenvalue weighted by atomic mass is 10.1. The van der Waals surface area contributed by atoms with Crippen molar-refractivity contribution in [2.75, 3.05) is 13.2 Å². The molecule has 1 atom stereocenters. The van der Waals surface area contributed by atoms with Crippen LogP contribution in [0.25, 0.3) is 0 Å². The maximum atomic E-state index is 12.9. The molecule has 0 fully saturated rings. The minimum Gasteiger partial charge on any atom is -0.462 e. The minimum absolute atomic E-state index is 0.0948. The summed E-state index contributed by atoms with van der Waals surface area (Å²) >= 11 is 0. The van der Waals surface area contributed by atoms with Gasteiger partial charge in [-0.3, -0.25) is 14.4 Å². The average Bonchev–Trinajstić information content (AvgIpc) is 3.39. The van der Waals surface area contributed by atoms with Gasteiger partial charge in [0.25, 0.3) is 0 Å². The molecule has 0 N–H and O–H groups in total. The third-order valence-electron chi connectivity index (χ3n) is 12.7. The smallest absolute Gasteiger partial charge is 0.306 e. The first-order valence-corrected chi connectivity index (χ1v) is 30.4. The Morgan fingerprint density at radius 3 is 0.877 bits per heavy atom. The molecule has 0 amide bonds. The largest absolute Gasteiger partial charge is 0.462 e. The van der Waals surface area contributed by atoms with E-state index in [0.717, 1.165) is 128 Å². The normalized spacial score (nSPS) is 12.9. The second-order valence-corrected chi connectivity index (χ2v) is 19.9. The van der Waals surface area contributed by atoms with E-state index in [2.05, 4.69) is 130 Å². The summed E-state index contributed by atoms with van der Waals surface area (Å²) in [6.07, 6.45) is 82.2. The number of carbonyl (C=O) groups excluding carboxylic acids is 3. The van der Waals surface area contributed by atoms with E-state index in [9.17, 15) is 14.4 Å². The third kappa shape index (κ3) is 58.8. The molecule has 0 aliphatic carbocycles. The second kappa shape index (κ2) is 60.6. The molecule has 0 saturated carbocycles. The number of carbonyl (C=O) groups is 3. The molecule has 0 aliphatic heterocycles. The van der Waals surface area contributed by atoms with E-state index in [1.165, 1.54) is 109 Å². The van der Waals surface area contributed by atoms with Crippen LogP contribution in [0, 0.1) is 0 Å². The monoisotopic (exact) mass is 1010 g/mol. The van der Waals surface area contributed by atoms with Gasteiger partial charge in [0.1, 0.15) is 13.2 Å². The van der Waals surface area contributed by atoms with Gasteiger partial charge in [-0.2, -0.15) is 0 Å². The lowest BCUT2D eigenvalue weighted by Gasteiger charge is -2.18. The first kappa shape index (κ1) is 69.1. The summed E-state index contributed by atoms with van der Waals surface area (Å²) in [6, 6.07) is 0. The fourth-order valence-electron chi connectivity index (χ4n) is 8.18. The average molecular weight is 1010 g/mol. The Morgan fingerprint density at radius 2 is 0.534 bits per heavy atom. The van der Waals surface area contributed by atoms with Gasteiger partial charge in [-0.25, -0.2) is 0 Å². The zero-order valence-electron chi connectivity index (χ0n) is 47.6. The van der Waals surface area contributed by atoms with Crippen molar-refractivity contribution in [1.82, 2.24) is 0 Å². The molecule has 0 aromatic carbocycles. The molecule has 0 saturated heterocycles. The maximum absolute atomic E-state index is 12.9. The number of ether oxygens (including phenoxy) is 3. The molecule has 0 bridgehead atoms. The molecule has 6 nitrogen and oxygen atoms in total. The Kier molecular flexibility index (Phi) is 57.4. The Morgan fingerprint density at radius 1 is 0.288 bits per heavy atom. The lowest BCUT2D eigenvalue weighted by Crippen LogP contribution is -2.30. The highest BCUT2D eigenvalue weighted by molar-refractivity contribution is 5.71. The molecule has 0 radical (unpaired) electrons. The standard InChI is InChI=1S/C67H112O6/c1-4-7-10-13-16-19-22-25-28-30-31-32-33-34-35-37-39-42-45-48-51-54-57-60-66(69)72-63-64(62-71-65(68)59-56-53-50-47-44-41-38-27-24-21-18-15-12-9-6-3)73-67(70)61-58-55-52-49-46-43-40-36-29-26-23-20-17-14-11-8-5-2/h7,10,16-17,19-20,25-29,31-32,34-35,38-39,42,64H,4-6,8-9,11-15,18,21-24,30,33,36-37,40-41,43-63H2,1-3H3/b10-7-,19-16-,20-17-,28-25-,29-26-,32-31-,35-34-,38-27-,42-39-. The second-order valence-electron chi connectivity index (χ2n) is 19.9. The van der Waals surface area contributed by atoms with Gasteiger partial charge in [0.05, 0.1) is 0 Å². The number of allylic oxidation sites excluding steroid dienone is 18. The Balaban J connectivity index is 4.45. The van der Waals surface area contributed by atoms with Gasteiger partial charge in [-0.15, -0.1) is 0 Å². The van der Waals surface area contributed by atoms with Crippen LogP contribution < -0.4 is 0 Å². The number of unbranched alkanes of at least 4 members (excludes halogenated alkanes) is 25. The fourth-order valence-corrected chi connectivity index (χ4v) is 8.18. The van der Waals surface area contributed by atoms with Crippen molar-refractivity contribution in [3.63, 3.8) is 0 Å². The van der Waals surface area contributed by atoms with Crippen molar-refractivity contribution in [3.05, 3.63) is 109 Å². The van der Waals surface area contributed by atoms with Crippen LogP contribution in [0.3, 0.4) is 0 Å². The van der Waals surface area contributed by atoms with Gasteiger partial charge in [-0.05, 0) is 128 Å². The van der Waals surface area contributed by atoms with Crippen LogP contribution in [-0.4, -0.2) is 37.2 Å². The Hall–Kier alpha value is -3.93. The van der Waals surface area contributed by atoms with Gasteiger partial charge in [0, 0.05) is 19.3 Å². The highest BCUT2D eigenvalue weighted by Crippen LogP contribution is 2.14. The number of hydrogen-bond acceptors (Lipinski definition) is 6. The Bertz CT molecular complexity index is 1490. The van der Waals surface area contributed by atoms with Crippen molar-refractivity contribution < 1.29 is 28.6 Å². The molecule has 0 aromatic heterocycles.